The van der Waals surface area contributed by atoms with Crippen molar-refractivity contribution < 1.29 is 4.79 Å². The fraction of sp³-hybridized carbons (Fsp3) is 0.360. The Bertz CT molecular complexity index is 1050. The summed E-state index contributed by atoms with van der Waals surface area (Å²) in [6.45, 7) is 4.21. The standard InChI is InChI=1S/C25H28N4O/c1-18-24(17-26-29(18)23-6-3-2-4-7-23)25(30)27-21-11-10-19-12-14-28(22-8-5-9-22)15-13-20(19)16-21/h2-4,6-7,10-11,16-17,22H,5,8-9,12-15H2,1H3,(H,27,30). The molecule has 2 aromatic carbocycles. The summed E-state index contributed by atoms with van der Waals surface area (Å²) >= 11 is 0. The van der Waals surface area contributed by atoms with Gasteiger partial charge >= 0.3 is 0 Å². The number of aromatic nitrogens is 2. The molecule has 1 aromatic heterocycles. The third-order valence-electron chi connectivity index (χ3n) is 6.65. The molecule has 2 heterocycles. The van der Waals surface area contributed by atoms with Gasteiger partial charge in [0.25, 0.3) is 5.91 Å². The number of nitrogens with zero attached hydrogens (tertiary/aromatic N) is 3. The van der Waals surface area contributed by atoms with Crippen LogP contribution in [0.1, 0.15) is 46.4 Å². The fourth-order valence-corrected chi connectivity index (χ4v) is 4.60. The van der Waals surface area contributed by atoms with Crippen molar-refractivity contribution >= 4 is 11.6 Å². The number of amides is 1. The van der Waals surface area contributed by atoms with Crippen molar-refractivity contribution in [2.45, 2.75) is 45.1 Å². The number of carbonyl (C=O) groups is 1. The van der Waals surface area contributed by atoms with Gasteiger partial charge in [-0.05, 0) is 68.0 Å². The van der Waals surface area contributed by atoms with Gasteiger partial charge in [-0.2, -0.15) is 5.10 Å². The van der Waals surface area contributed by atoms with E-state index in [1.54, 1.807) is 10.9 Å². The molecule has 1 fully saturated rings. The monoisotopic (exact) mass is 400 g/mol. The van der Waals surface area contributed by atoms with Crippen LogP contribution in [0.3, 0.4) is 0 Å². The summed E-state index contributed by atoms with van der Waals surface area (Å²) in [5.74, 6) is -0.112. The molecule has 1 N–H and O–H groups in total. The SMILES string of the molecule is Cc1c(C(=O)Nc2ccc3c(c2)CCN(C2CCC2)CC3)cnn1-c1ccccc1. The van der Waals surface area contributed by atoms with Crippen molar-refractivity contribution in [3.05, 3.63) is 77.1 Å². The quantitative estimate of drug-likeness (QED) is 0.707. The van der Waals surface area contributed by atoms with Gasteiger partial charge in [0.05, 0.1) is 23.1 Å². The first-order chi connectivity index (χ1) is 14.7. The number of anilines is 1. The molecule has 1 aliphatic heterocycles. The van der Waals surface area contributed by atoms with E-state index in [-0.39, 0.29) is 5.91 Å². The predicted octanol–water partition coefficient (Wildman–Crippen LogP) is 4.39. The maximum Gasteiger partial charge on any atom is 0.259 e. The Balaban J connectivity index is 1.31. The molecule has 5 rings (SSSR count). The number of hydrogen-bond acceptors (Lipinski definition) is 3. The zero-order valence-electron chi connectivity index (χ0n) is 17.5. The van der Waals surface area contributed by atoms with E-state index in [0.717, 1.165) is 49.0 Å². The first-order valence-electron chi connectivity index (χ1n) is 11.0. The molecule has 1 saturated carbocycles. The number of nitrogens with one attached hydrogen (secondary N) is 1. The largest absolute Gasteiger partial charge is 0.322 e. The lowest BCUT2D eigenvalue weighted by Crippen LogP contribution is -2.41. The van der Waals surface area contributed by atoms with Gasteiger partial charge in [-0.15, -0.1) is 0 Å². The summed E-state index contributed by atoms with van der Waals surface area (Å²) in [5, 5.41) is 7.50. The molecular formula is C25H28N4O. The topological polar surface area (TPSA) is 50.2 Å². The lowest BCUT2D eigenvalue weighted by Gasteiger charge is -2.36. The van der Waals surface area contributed by atoms with Gasteiger partial charge in [0.2, 0.25) is 0 Å². The van der Waals surface area contributed by atoms with Crippen LogP contribution in [-0.2, 0) is 12.8 Å². The van der Waals surface area contributed by atoms with E-state index in [1.807, 2.05) is 43.3 Å². The minimum Gasteiger partial charge on any atom is -0.322 e. The highest BCUT2D eigenvalue weighted by atomic mass is 16.1. The summed E-state index contributed by atoms with van der Waals surface area (Å²) in [6, 6.07) is 17.1. The van der Waals surface area contributed by atoms with Gasteiger partial charge in [0, 0.05) is 24.8 Å². The van der Waals surface area contributed by atoms with Crippen molar-refractivity contribution in [1.82, 2.24) is 14.7 Å². The van der Waals surface area contributed by atoms with E-state index in [2.05, 4.69) is 27.4 Å². The average molecular weight is 401 g/mol. The Hall–Kier alpha value is -2.92. The van der Waals surface area contributed by atoms with Gasteiger partial charge in [-0.3, -0.25) is 9.69 Å². The van der Waals surface area contributed by atoms with Crippen LogP contribution in [0, 0.1) is 6.92 Å². The molecule has 3 aromatic rings. The van der Waals surface area contributed by atoms with E-state index in [9.17, 15) is 4.79 Å². The molecule has 0 unspecified atom stereocenters. The Labute approximate surface area is 177 Å². The molecular weight excluding hydrogens is 372 g/mol. The lowest BCUT2D eigenvalue weighted by atomic mass is 9.91. The Kier molecular flexibility index (Phi) is 5.13. The number of para-hydroxylation sites is 1. The van der Waals surface area contributed by atoms with E-state index < -0.39 is 0 Å². The summed E-state index contributed by atoms with van der Waals surface area (Å²) in [6.07, 6.45) is 7.90. The zero-order chi connectivity index (χ0) is 20.5. The first-order valence-corrected chi connectivity index (χ1v) is 11.0. The summed E-state index contributed by atoms with van der Waals surface area (Å²) in [5.41, 5.74) is 6.04. The zero-order valence-corrected chi connectivity index (χ0v) is 17.5. The van der Waals surface area contributed by atoms with Crippen LogP contribution in [0.25, 0.3) is 5.69 Å². The molecule has 0 radical (unpaired) electrons. The van der Waals surface area contributed by atoms with Crippen LogP contribution in [-0.4, -0.2) is 39.7 Å². The summed E-state index contributed by atoms with van der Waals surface area (Å²) in [4.78, 5) is 15.6. The van der Waals surface area contributed by atoms with Gasteiger partial charge in [0.1, 0.15) is 0 Å². The Morgan fingerprint density at radius 3 is 2.53 bits per heavy atom. The van der Waals surface area contributed by atoms with E-state index in [1.165, 1.54) is 30.4 Å². The minimum atomic E-state index is -0.112. The molecule has 1 aliphatic carbocycles. The molecule has 0 saturated heterocycles. The molecule has 30 heavy (non-hydrogen) atoms. The number of fused-ring (bicyclic) bond motifs is 1. The molecule has 1 amide bonds. The van der Waals surface area contributed by atoms with Crippen LogP contribution in [0.2, 0.25) is 0 Å². The minimum absolute atomic E-state index is 0.112. The van der Waals surface area contributed by atoms with Crippen LogP contribution < -0.4 is 5.32 Å². The normalized spacial score (nSPS) is 17.1. The predicted molar refractivity (Wildman–Crippen MR) is 119 cm³/mol. The highest BCUT2D eigenvalue weighted by Crippen LogP contribution is 2.28. The maximum atomic E-state index is 12.9. The van der Waals surface area contributed by atoms with Crippen molar-refractivity contribution in [3.63, 3.8) is 0 Å². The van der Waals surface area contributed by atoms with Crippen LogP contribution in [0.15, 0.2) is 54.7 Å². The Morgan fingerprint density at radius 1 is 1.03 bits per heavy atom. The van der Waals surface area contributed by atoms with Crippen molar-refractivity contribution in [3.8, 4) is 5.69 Å². The number of rotatable bonds is 4. The molecule has 5 nitrogen and oxygen atoms in total. The third kappa shape index (κ3) is 3.65. The molecule has 0 atom stereocenters. The second-order valence-corrected chi connectivity index (χ2v) is 8.45. The van der Waals surface area contributed by atoms with Crippen LogP contribution >= 0.6 is 0 Å². The molecule has 154 valence electrons. The summed E-state index contributed by atoms with van der Waals surface area (Å²) in [7, 11) is 0. The highest BCUT2D eigenvalue weighted by molar-refractivity contribution is 6.05. The van der Waals surface area contributed by atoms with Gasteiger partial charge in [-0.1, -0.05) is 30.7 Å². The smallest absolute Gasteiger partial charge is 0.259 e. The van der Waals surface area contributed by atoms with E-state index >= 15 is 0 Å². The third-order valence-corrected chi connectivity index (χ3v) is 6.65. The van der Waals surface area contributed by atoms with Crippen molar-refractivity contribution in [2.75, 3.05) is 18.4 Å². The van der Waals surface area contributed by atoms with E-state index in [4.69, 9.17) is 0 Å². The first kappa shape index (κ1) is 19.1. The van der Waals surface area contributed by atoms with Crippen molar-refractivity contribution in [1.29, 1.82) is 0 Å². The van der Waals surface area contributed by atoms with Crippen LogP contribution in [0.5, 0.6) is 0 Å². The van der Waals surface area contributed by atoms with Crippen LogP contribution in [0.4, 0.5) is 5.69 Å². The van der Waals surface area contributed by atoms with Crippen molar-refractivity contribution in [2.24, 2.45) is 0 Å². The van der Waals surface area contributed by atoms with Gasteiger partial charge in [-0.25, -0.2) is 4.68 Å². The maximum absolute atomic E-state index is 12.9. The number of benzene rings is 2. The van der Waals surface area contributed by atoms with E-state index in [0.29, 0.717) is 5.56 Å². The molecule has 5 heteroatoms. The summed E-state index contributed by atoms with van der Waals surface area (Å²) < 4.78 is 1.81. The molecule has 0 spiro atoms. The average Bonchev–Trinajstić information content (AvgIpc) is 2.99. The molecule has 2 aliphatic rings. The molecule has 0 bridgehead atoms. The number of carbonyl (C=O) groups excluding carboxylic acids is 1. The Morgan fingerprint density at radius 2 is 1.80 bits per heavy atom. The number of hydrogen-bond donors (Lipinski definition) is 1. The lowest BCUT2D eigenvalue weighted by molar-refractivity contribution is 0.102. The highest BCUT2D eigenvalue weighted by Gasteiger charge is 2.26. The fourth-order valence-electron chi connectivity index (χ4n) is 4.60. The van der Waals surface area contributed by atoms with Gasteiger partial charge in [0.15, 0.2) is 0 Å². The second-order valence-electron chi connectivity index (χ2n) is 8.45. The van der Waals surface area contributed by atoms with Gasteiger partial charge < -0.3 is 5.32 Å². The second kappa shape index (κ2) is 8.07.